The zero-order chi connectivity index (χ0) is 14.8. The van der Waals surface area contributed by atoms with Gasteiger partial charge in [-0.25, -0.2) is 4.39 Å². The van der Waals surface area contributed by atoms with E-state index in [-0.39, 0.29) is 17.0 Å². The van der Waals surface area contributed by atoms with Gasteiger partial charge in [0.1, 0.15) is 11.6 Å². The second-order valence-electron chi connectivity index (χ2n) is 7.02. The number of halogens is 1. The third-order valence-electron chi connectivity index (χ3n) is 4.47. The van der Waals surface area contributed by atoms with E-state index < -0.39 is 0 Å². The fraction of sp³-hybridized carbons (Fsp3) is 0.647. The quantitative estimate of drug-likeness (QED) is 0.868. The molecule has 1 aliphatic carbocycles. The lowest BCUT2D eigenvalue weighted by Crippen LogP contribution is -2.43. The Kier molecular flexibility index (Phi) is 4.69. The molecule has 1 aromatic carbocycles. The SMILES string of the molecule is CC(C)(C)C1CCCCC1NCc1cc(F)ccc1O. The van der Waals surface area contributed by atoms with Crippen LogP contribution in [-0.4, -0.2) is 11.1 Å². The van der Waals surface area contributed by atoms with Gasteiger partial charge < -0.3 is 10.4 Å². The molecule has 1 fully saturated rings. The lowest BCUT2D eigenvalue weighted by atomic mass is 9.69. The fourth-order valence-electron chi connectivity index (χ4n) is 3.35. The monoisotopic (exact) mass is 279 g/mol. The number of phenolic OH excluding ortho intramolecular Hbond substituents is 1. The average molecular weight is 279 g/mol. The molecule has 2 rings (SSSR count). The number of hydrogen-bond acceptors (Lipinski definition) is 2. The molecule has 0 aliphatic heterocycles. The summed E-state index contributed by atoms with van der Waals surface area (Å²) in [5, 5.41) is 13.3. The minimum absolute atomic E-state index is 0.169. The van der Waals surface area contributed by atoms with Gasteiger partial charge in [0, 0.05) is 18.2 Å². The van der Waals surface area contributed by atoms with Crippen molar-refractivity contribution < 1.29 is 9.50 Å². The predicted octanol–water partition coefficient (Wildman–Crippen LogP) is 4.23. The molecule has 1 saturated carbocycles. The van der Waals surface area contributed by atoms with Crippen LogP contribution < -0.4 is 5.32 Å². The topological polar surface area (TPSA) is 32.3 Å². The second-order valence-corrected chi connectivity index (χ2v) is 7.02. The lowest BCUT2D eigenvalue weighted by molar-refractivity contribution is 0.130. The number of nitrogens with one attached hydrogen (secondary N) is 1. The van der Waals surface area contributed by atoms with Crippen LogP contribution in [0.5, 0.6) is 5.75 Å². The smallest absolute Gasteiger partial charge is 0.123 e. The van der Waals surface area contributed by atoms with Crippen LogP contribution >= 0.6 is 0 Å². The summed E-state index contributed by atoms with van der Waals surface area (Å²) in [6, 6.07) is 4.58. The van der Waals surface area contributed by atoms with Gasteiger partial charge in [0.2, 0.25) is 0 Å². The summed E-state index contributed by atoms with van der Waals surface area (Å²) in [5.41, 5.74) is 0.922. The Hall–Kier alpha value is -1.09. The van der Waals surface area contributed by atoms with Gasteiger partial charge in [-0.2, -0.15) is 0 Å². The highest BCUT2D eigenvalue weighted by Crippen LogP contribution is 2.38. The highest BCUT2D eigenvalue weighted by atomic mass is 19.1. The molecular formula is C17H26FNO. The maximum Gasteiger partial charge on any atom is 0.123 e. The first kappa shape index (κ1) is 15.3. The molecule has 2 N–H and O–H groups in total. The standard InChI is InChI=1S/C17H26FNO/c1-17(2,3)14-6-4-5-7-15(14)19-11-12-10-13(18)8-9-16(12)20/h8-10,14-15,19-20H,4-7,11H2,1-3H3. The highest BCUT2D eigenvalue weighted by Gasteiger charge is 2.33. The molecule has 0 heterocycles. The molecule has 0 radical (unpaired) electrons. The molecule has 1 aliphatic rings. The number of aromatic hydroxyl groups is 1. The molecular weight excluding hydrogens is 253 g/mol. The first-order valence-electron chi connectivity index (χ1n) is 7.58. The highest BCUT2D eigenvalue weighted by molar-refractivity contribution is 5.32. The van der Waals surface area contributed by atoms with Crippen LogP contribution in [0, 0.1) is 17.2 Å². The average Bonchev–Trinajstić information content (AvgIpc) is 2.39. The molecule has 0 aromatic heterocycles. The van der Waals surface area contributed by atoms with Crippen molar-refractivity contribution in [2.24, 2.45) is 11.3 Å². The summed E-state index contributed by atoms with van der Waals surface area (Å²) in [6.45, 7) is 7.40. The number of rotatable bonds is 3. The Morgan fingerprint density at radius 3 is 2.65 bits per heavy atom. The maximum atomic E-state index is 13.2. The van der Waals surface area contributed by atoms with Crippen molar-refractivity contribution in [3.63, 3.8) is 0 Å². The van der Waals surface area contributed by atoms with Gasteiger partial charge in [-0.1, -0.05) is 33.6 Å². The van der Waals surface area contributed by atoms with Crippen molar-refractivity contribution in [1.29, 1.82) is 0 Å². The predicted molar refractivity (Wildman–Crippen MR) is 80.1 cm³/mol. The minimum Gasteiger partial charge on any atom is -0.508 e. The van der Waals surface area contributed by atoms with E-state index >= 15 is 0 Å². The van der Waals surface area contributed by atoms with E-state index in [1.54, 1.807) is 0 Å². The van der Waals surface area contributed by atoms with Crippen molar-refractivity contribution >= 4 is 0 Å². The molecule has 0 amide bonds. The number of hydrogen-bond donors (Lipinski definition) is 2. The van der Waals surface area contributed by atoms with E-state index in [2.05, 4.69) is 26.1 Å². The molecule has 2 atom stereocenters. The van der Waals surface area contributed by atoms with E-state index in [1.165, 1.54) is 37.5 Å². The summed E-state index contributed by atoms with van der Waals surface area (Å²) < 4.78 is 13.2. The Morgan fingerprint density at radius 2 is 1.95 bits per heavy atom. The third kappa shape index (κ3) is 3.72. The van der Waals surface area contributed by atoms with Crippen LogP contribution in [0.15, 0.2) is 18.2 Å². The van der Waals surface area contributed by atoms with E-state index in [1.807, 2.05) is 0 Å². The Bertz CT molecular complexity index is 453. The van der Waals surface area contributed by atoms with Crippen molar-refractivity contribution in [2.75, 3.05) is 0 Å². The Labute approximate surface area is 121 Å². The molecule has 20 heavy (non-hydrogen) atoms. The van der Waals surface area contributed by atoms with Gasteiger partial charge >= 0.3 is 0 Å². The van der Waals surface area contributed by atoms with Crippen molar-refractivity contribution in [2.45, 2.75) is 59.0 Å². The van der Waals surface area contributed by atoms with Crippen LogP contribution in [0.25, 0.3) is 0 Å². The molecule has 3 heteroatoms. The van der Waals surface area contributed by atoms with Gasteiger partial charge in [0.15, 0.2) is 0 Å². The maximum absolute atomic E-state index is 13.2. The first-order chi connectivity index (χ1) is 9.38. The molecule has 0 bridgehead atoms. The number of phenols is 1. The van der Waals surface area contributed by atoms with Crippen molar-refractivity contribution in [3.8, 4) is 5.75 Å². The zero-order valence-electron chi connectivity index (χ0n) is 12.7. The van der Waals surface area contributed by atoms with Gasteiger partial charge in [-0.05, 0) is 42.4 Å². The van der Waals surface area contributed by atoms with Crippen molar-refractivity contribution in [1.82, 2.24) is 5.32 Å². The molecule has 2 nitrogen and oxygen atoms in total. The normalized spacial score (nSPS) is 23.8. The van der Waals surface area contributed by atoms with E-state index in [0.29, 0.717) is 24.1 Å². The summed E-state index contributed by atoms with van der Waals surface area (Å²) in [4.78, 5) is 0. The van der Waals surface area contributed by atoms with E-state index in [4.69, 9.17) is 0 Å². The lowest BCUT2D eigenvalue weighted by Gasteiger charge is -2.41. The fourth-order valence-corrected chi connectivity index (χ4v) is 3.35. The summed E-state index contributed by atoms with van der Waals surface area (Å²) in [7, 11) is 0. The molecule has 0 spiro atoms. The van der Waals surface area contributed by atoms with Gasteiger partial charge in [-0.3, -0.25) is 0 Å². The summed E-state index contributed by atoms with van der Waals surface area (Å²) in [5.74, 6) is 0.504. The van der Waals surface area contributed by atoms with E-state index in [0.717, 1.165) is 6.42 Å². The molecule has 1 aromatic rings. The Morgan fingerprint density at radius 1 is 1.25 bits per heavy atom. The van der Waals surface area contributed by atoms with Crippen LogP contribution in [0.2, 0.25) is 0 Å². The molecule has 112 valence electrons. The second kappa shape index (κ2) is 6.13. The molecule has 0 saturated heterocycles. The van der Waals surface area contributed by atoms with Crippen LogP contribution in [-0.2, 0) is 6.54 Å². The van der Waals surface area contributed by atoms with Crippen LogP contribution in [0.1, 0.15) is 52.0 Å². The first-order valence-corrected chi connectivity index (χ1v) is 7.58. The van der Waals surface area contributed by atoms with Gasteiger partial charge in [0.05, 0.1) is 0 Å². The number of benzene rings is 1. The van der Waals surface area contributed by atoms with Crippen LogP contribution in [0.3, 0.4) is 0 Å². The van der Waals surface area contributed by atoms with Crippen LogP contribution in [0.4, 0.5) is 4.39 Å². The van der Waals surface area contributed by atoms with E-state index in [9.17, 15) is 9.50 Å². The minimum atomic E-state index is -0.296. The summed E-state index contributed by atoms with van der Waals surface area (Å²) >= 11 is 0. The van der Waals surface area contributed by atoms with Crippen molar-refractivity contribution in [3.05, 3.63) is 29.6 Å². The Balaban J connectivity index is 2.03. The van der Waals surface area contributed by atoms with Gasteiger partial charge in [-0.15, -0.1) is 0 Å². The van der Waals surface area contributed by atoms with Gasteiger partial charge in [0.25, 0.3) is 0 Å². The summed E-state index contributed by atoms with van der Waals surface area (Å²) in [6.07, 6.45) is 4.96. The molecule has 2 unspecified atom stereocenters. The third-order valence-corrected chi connectivity index (χ3v) is 4.47. The zero-order valence-corrected chi connectivity index (χ0v) is 12.7. The largest absolute Gasteiger partial charge is 0.508 e.